The van der Waals surface area contributed by atoms with Crippen LogP contribution in [0.2, 0.25) is 0 Å². The fourth-order valence-electron chi connectivity index (χ4n) is 3.66. The second-order valence-electron chi connectivity index (χ2n) is 6.83. The summed E-state index contributed by atoms with van der Waals surface area (Å²) in [5.41, 5.74) is 0.346. The molecule has 8 heteroatoms. The molecule has 7 nitrogen and oxygen atoms in total. The number of piperazine rings is 1. The minimum Gasteiger partial charge on any atom is -0.383 e. The molecule has 1 N–H and O–H groups in total. The number of ether oxygens (including phenoxy) is 1. The van der Waals surface area contributed by atoms with Crippen molar-refractivity contribution in [2.24, 2.45) is 0 Å². The molecule has 0 radical (unpaired) electrons. The molecule has 0 aliphatic carbocycles. The van der Waals surface area contributed by atoms with E-state index in [1.807, 2.05) is 0 Å². The zero-order chi connectivity index (χ0) is 18.6. The number of nitrogens with one attached hydrogen (secondary N) is 1. The van der Waals surface area contributed by atoms with Gasteiger partial charge < -0.3 is 10.1 Å². The van der Waals surface area contributed by atoms with Crippen molar-refractivity contribution in [3.8, 4) is 0 Å². The summed E-state index contributed by atoms with van der Waals surface area (Å²) in [6, 6.07) is 6.59. The predicted molar refractivity (Wildman–Crippen MR) is 98.6 cm³/mol. The van der Waals surface area contributed by atoms with Gasteiger partial charge in [0.15, 0.2) is 0 Å². The van der Waals surface area contributed by atoms with E-state index in [1.165, 1.54) is 12.5 Å². The van der Waals surface area contributed by atoms with Crippen LogP contribution < -0.4 is 5.32 Å². The van der Waals surface area contributed by atoms with E-state index in [4.69, 9.17) is 4.74 Å². The first-order valence-electron chi connectivity index (χ1n) is 9.14. The van der Waals surface area contributed by atoms with E-state index in [-0.39, 0.29) is 10.8 Å². The quantitative estimate of drug-likeness (QED) is 0.742. The number of carbonyl (C=O) groups excluding carboxylic acids is 1. The van der Waals surface area contributed by atoms with Gasteiger partial charge in [0.1, 0.15) is 0 Å². The maximum Gasteiger partial charge on any atom is 0.251 e. The molecule has 144 valence electrons. The number of methoxy groups -OCH3 is 1. The van der Waals surface area contributed by atoms with Crippen LogP contribution >= 0.6 is 0 Å². The Balaban J connectivity index is 1.73. The molecule has 26 heavy (non-hydrogen) atoms. The molecule has 2 heterocycles. The van der Waals surface area contributed by atoms with E-state index in [0.29, 0.717) is 37.8 Å². The Morgan fingerprint density at radius 3 is 2.92 bits per heavy atom. The monoisotopic (exact) mass is 381 g/mol. The fourth-order valence-corrected chi connectivity index (χ4v) is 5.18. The third-order valence-electron chi connectivity index (χ3n) is 5.13. The average molecular weight is 381 g/mol. The number of fused-ring (bicyclic) bond motifs is 1. The Labute approximate surface area is 155 Å². The molecule has 1 aromatic rings. The van der Waals surface area contributed by atoms with Gasteiger partial charge in [-0.15, -0.1) is 0 Å². The Morgan fingerprint density at radius 2 is 2.12 bits per heavy atom. The van der Waals surface area contributed by atoms with Crippen molar-refractivity contribution in [3.05, 3.63) is 29.8 Å². The number of piperidine rings is 1. The number of hydrogen-bond donors (Lipinski definition) is 1. The van der Waals surface area contributed by atoms with E-state index in [1.54, 1.807) is 29.6 Å². The van der Waals surface area contributed by atoms with Crippen molar-refractivity contribution < 1.29 is 17.9 Å². The third-order valence-corrected chi connectivity index (χ3v) is 6.99. The van der Waals surface area contributed by atoms with Crippen LogP contribution in [0.3, 0.4) is 0 Å². The van der Waals surface area contributed by atoms with Gasteiger partial charge in [-0.05, 0) is 37.6 Å². The Kier molecular flexibility index (Phi) is 6.29. The van der Waals surface area contributed by atoms with Crippen LogP contribution in [0.5, 0.6) is 0 Å². The summed E-state index contributed by atoms with van der Waals surface area (Å²) in [5.74, 6) is -0.295. The van der Waals surface area contributed by atoms with Gasteiger partial charge in [0.25, 0.3) is 5.91 Å². The van der Waals surface area contributed by atoms with Gasteiger partial charge in [0.05, 0.1) is 11.5 Å². The molecule has 0 saturated carbocycles. The van der Waals surface area contributed by atoms with Crippen molar-refractivity contribution in [1.82, 2.24) is 14.5 Å². The Bertz CT molecular complexity index is 738. The number of carbonyl (C=O) groups is 1. The highest BCUT2D eigenvalue weighted by Gasteiger charge is 2.35. The number of benzene rings is 1. The standard InChI is InChI=1S/C18H27N3O4S/c1-25-12-8-19-18(22)15-5-4-7-17(13-15)26(23,24)21-11-10-20-9-3-2-6-16(20)14-21/h4-5,7,13,16H,2-3,6,8-12,14H2,1H3,(H,19,22). The SMILES string of the molecule is COCCNC(=O)c1cccc(S(=O)(=O)N2CCN3CCCCC3C2)c1. The first-order valence-corrected chi connectivity index (χ1v) is 10.6. The van der Waals surface area contributed by atoms with Crippen molar-refractivity contribution in [2.75, 3.05) is 46.4 Å². The average Bonchev–Trinajstić information content (AvgIpc) is 2.67. The molecule has 1 atom stereocenters. The summed E-state index contributed by atoms with van der Waals surface area (Å²) in [6.07, 6.45) is 3.41. The zero-order valence-electron chi connectivity index (χ0n) is 15.2. The summed E-state index contributed by atoms with van der Waals surface area (Å²) in [5, 5.41) is 2.72. The molecule has 1 aromatic carbocycles. The lowest BCUT2D eigenvalue weighted by atomic mass is 10.0. The van der Waals surface area contributed by atoms with Gasteiger partial charge >= 0.3 is 0 Å². The summed E-state index contributed by atoms with van der Waals surface area (Å²) in [6.45, 7) is 3.68. The van der Waals surface area contributed by atoms with Gasteiger partial charge in [0, 0.05) is 44.9 Å². The van der Waals surface area contributed by atoms with Crippen LogP contribution in [0.4, 0.5) is 0 Å². The maximum absolute atomic E-state index is 13.1. The number of sulfonamides is 1. The van der Waals surface area contributed by atoms with Crippen molar-refractivity contribution in [1.29, 1.82) is 0 Å². The molecule has 1 amide bonds. The number of rotatable bonds is 6. The van der Waals surface area contributed by atoms with Crippen molar-refractivity contribution in [2.45, 2.75) is 30.2 Å². The minimum absolute atomic E-state index is 0.182. The lowest BCUT2D eigenvalue weighted by molar-refractivity contribution is 0.0851. The normalized spacial score (nSPS) is 22.0. The molecule has 2 aliphatic heterocycles. The summed E-state index contributed by atoms with van der Waals surface area (Å²) < 4.78 is 32.6. The molecule has 0 bridgehead atoms. The highest BCUT2D eigenvalue weighted by Crippen LogP contribution is 2.25. The van der Waals surface area contributed by atoms with Crippen LogP contribution in [0.15, 0.2) is 29.2 Å². The van der Waals surface area contributed by atoms with Gasteiger partial charge in [-0.1, -0.05) is 12.5 Å². The van der Waals surface area contributed by atoms with Crippen LogP contribution in [0, 0.1) is 0 Å². The zero-order valence-corrected chi connectivity index (χ0v) is 16.0. The lowest BCUT2D eigenvalue weighted by Gasteiger charge is -2.43. The molecule has 0 aromatic heterocycles. The molecular formula is C18H27N3O4S. The molecule has 1 unspecified atom stereocenters. The predicted octanol–water partition coefficient (Wildman–Crippen LogP) is 0.922. The molecule has 2 saturated heterocycles. The van der Waals surface area contributed by atoms with Crippen molar-refractivity contribution in [3.63, 3.8) is 0 Å². The Morgan fingerprint density at radius 1 is 1.27 bits per heavy atom. The van der Waals surface area contributed by atoms with Gasteiger partial charge in [-0.25, -0.2) is 8.42 Å². The van der Waals surface area contributed by atoms with Gasteiger partial charge in [-0.3, -0.25) is 9.69 Å². The van der Waals surface area contributed by atoms with E-state index >= 15 is 0 Å². The van der Waals surface area contributed by atoms with Crippen LogP contribution in [0.1, 0.15) is 29.6 Å². The maximum atomic E-state index is 13.1. The minimum atomic E-state index is -3.59. The van der Waals surface area contributed by atoms with Crippen LogP contribution in [-0.2, 0) is 14.8 Å². The lowest BCUT2D eigenvalue weighted by Crippen LogP contribution is -2.56. The van der Waals surface area contributed by atoms with E-state index in [0.717, 1.165) is 25.9 Å². The second kappa shape index (κ2) is 8.47. The highest BCUT2D eigenvalue weighted by molar-refractivity contribution is 7.89. The van der Waals surface area contributed by atoms with Crippen LogP contribution in [-0.4, -0.2) is 76.0 Å². The first-order chi connectivity index (χ1) is 12.5. The van der Waals surface area contributed by atoms with Gasteiger partial charge in [-0.2, -0.15) is 4.31 Å². The number of nitrogens with zero attached hydrogens (tertiary/aromatic N) is 2. The summed E-state index contributed by atoms with van der Waals surface area (Å²) in [4.78, 5) is 14.8. The van der Waals surface area contributed by atoms with Gasteiger partial charge in [0.2, 0.25) is 10.0 Å². The number of amides is 1. The third kappa shape index (κ3) is 4.25. The summed E-state index contributed by atoms with van der Waals surface area (Å²) in [7, 11) is -2.03. The second-order valence-corrected chi connectivity index (χ2v) is 8.76. The van der Waals surface area contributed by atoms with Crippen molar-refractivity contribution >= 4 is 15.9 Å². The highest BCUT2D eigenvalue weighted by atomic mass is 32.2. The molecule has 3 rings (SSSR count). The molecular weight excluding hydrogens is 354 g/mol. The molecule has 2 fully saturated rings. The summed E-state index contributed by atoms with van der Waals surface area (Å²) >= 11 is 0. The molecule has 0 spiro atoms. The van der Waals surface area contributed by atoms with Crippen LogP contribution in [0.25, 0.3) is 0 Å². The van der Waals surface area contributed by atoms with E-state index in [9.17, 15) is 13.2 Å². The molecule has 2 aliphatic rings. The first kappa shape index (κ1) is 19.3. The topological polar surface area (TPSA) is 78.9 Å². The van der Waals surface area contributed by atoms with E-state index in [2.05, 4.69) is 10.2 Å². The smallest absolute Gasteiger partial charge is 0.251 e. The fraction of sp³-hybridized carbons (Fsp3) is 0.611. The Hall–Kier alpha value is -1.48. The largest absolute Gasteiger partial charge is 0.383 e. The number of hydrogen-bond acceptors (Lipinski definition) is 5. The van der Waals surface area contributed by atoms with E-state index < -0.39 is 10.0 Å².